The molecule has 0 aliphatic rings. The van der Waals surface area contributed by atoms with Crippen molar-refractivity contribution in [2.45, 2.75) is 19.9 Å². The second kappa shape index (κ2) is 5.63. The maximum Gasteiger partial charge on any atom is 0.273 e. The smallest absolute Gasteiger partial charge is 0.273 e. The Hall–Kier alpha value is -1.52. The fourth-order valence-electron chi connectivity index (χ4n) is 1.70. The molecule has 0 saturated heterocycles. The zero-order valence-corrected chi connectivity index (χ0v) is 12.0. The molecule has 4 nitrogen and oxygen atoms in total. The lowest BCUT2D eigenvalue weighted by Gasteiger charge is -2.12. The molecule has 2 rings (SSSR count). The van der Waals surface area contributed by atoms with Gasteiger partial charge in [0.2, 0.25) is 0 Å². The van der Waals surface area contributed by atoms with Gasteiger partial charge in [-0.05, 0) is 32.0 Å². The Morgan fingerprint density at radius 3 is 2.79 bits per heavy atom. The SMILES string of the molecule is CC(C)n1cc(Cl)cc1C(=O)Nc1ncccc1Cl. The van der Waals surface area contributed by atoms with Crippen LogP contribution < -0.4 is 5.32 Å². The summed E-state index contributed by atoms with van der Waals surface area (Å²) in [6, 6.07) is 5.12. The van der Waals surface area contributed by atoms with Crippen LogP contribution in [0.2, 0.25) is 10.0 Å². The van der Waals surface area contributed by atoms with Crippen molar-refractivity contribution >= 4 is 34.9 Å². The topological polar surface area (TPSA) is 46.9 Å². The molecule has 2 aromatic heterocycles. The van der Waals surface area contributed by atoms with Gasteiger partial charge in [-0.15, -0.1) is 0 Å². The molecule has 1 amide bonds. The molecule has 0 unspecified atom stereocenters. The first-order valence-electron chi connectivity index (χ1n) is 5.78. The van der Waals surface area contributed by atoms with Crippen LogP contribution >= 0.6 is 23.2 Å². The van der Waals surface area contributed by atoms with E-state index in [-0.39, 0.29) is 11.9 Å². The fraction of sp³-hybridized carbons (Fsp3) is 0.231. The summed E-state index contributed by atoms with van der Waals surface area (Å²) in [5, 5.41) is 3.59. The molecular weight excluding hydrogens is 285 g/mol. The summed E-state index contributed by atoms with van der Waals surface area (Å²) in [5.74, 6) is 0.0444. The Morgan fingerprint density at radius 1 is 1.42 bits per heavy atom. The predicted molar refractivity (Wildman–Crippen MR) is 77.0 cm³/mol. The zero-order chi connectivity index (χ0) is 14.0. The summed E-state index contributed by atoms with van der Waals surface area (Å²) >= 11 is 11.9. The van der Waals surface area contributed by atoms with E-state index in [1.54, 1.807) is 35.2 Å². The first-order chi connectivity index (χ1) is 8.99. The molecule has 0 bridgehead atoms. The number of halogens is 2. The average molecular weight is 298 g/mol. The first kappa shape index (κ1) is 13.9. The Kier molecular flexibility index (Phi) is 4.12. The molecule has 6 heteroatoms. The molecule has 0 spiro atoms. The molecule has 0 aliphatic heterocycles. The number of aromatic nitrogens is 2. The van der Waals surface area contributed by atoms with Crippen molar-refractivity contribution in [3.63, 3.8) is 0 Å². The molecule has 0 radical (unpaired) electrons. The van der Waals surface area contributed by atoms with E-state index in [1.807, 2.05) is 13.8 Å². The van der Waals surface area contributed by atoms with Crippen molar-refractivity contribution in [1.82, 2.24) is 9.55 Å². The number of nitrogens with zero attached hydrogens (tertiary/aromatic N) is 2. The highest BCUT2D eigenvalue weighted by Gasteiger charge is 2.16. The largest absolute Gasteiger partial charge is 0.339 e. The standard InChI is InChI=1S/C13H13Cl2N3O/c1-8(2)18-7-9(14)6-11(18)13(19)17-12-10(15)4-3-5-16-12/h3-8H,1-2H3,(H,16,17,19). The van der Waals surface area contributed by atoms with Crippen LogP contribution in [0.3, 0.4) is 0 Å². The van der Waals surface area contributed by atoms with Crippen LogP contribution in [0.25, 0.3) is 0 Å². The second-order valence-electron chi connectivity index (χ2n) is 4.33. The summed E-state index contributed by atoms with van der Waals surface area (Å²) in [7, 11) is 0. The minimum Gasteiger partial charge on any atom is -0.339 e. The van der Waals surface area contributed by atoms with Crippen LogP contribution in [-0.2, 0) is 0 Å². The molecule has 0 fully saturated rings. The average Bonchev–Trinajstić information content (AvgIpc) is 2.74. The van der Waals surface area contributed by atoms with Crippen LogP contribution in [0.5, 0.6) is 0 Å². The van der Waals surface area contributed by atoms with Gasteiger partial charge in [-0.3, -0.25) is 4.79 Å². The van der Waals surface area contributed by atoms with Gasteiger partial charge in [0.1, 0.15) is 5.69 Å². The molecule has 19 heavy (non-hydrogen) atoms. The lowest BCUT2D eigenvalue weighted by atomic mass is 10.3. The van der Waals surface area contributed by atoms with Gasteiger partial charge in [0.15, 0.2) is 5.82 Å². The Balaban J connectivity index is 2.28. The molecule has 2 aromatic rings. The third-order valence-electron chi connectivity index (χ3n) is 2.59. The van der Waals surface area contributed by atoms with Crippen molar-refractivity contribution in [2.24, 2.45) is 0 Å². The van der Waals surface area contributed by atoms with Gasteiger partial charge < -0.3 is 9.88 Å². The molecule has 0 aromatic carbocycles. The number of amides is 1. The van der Waals surface area contributed by atoms with E-state index in [4.69, 9.17) is 23.2 Å². The third kappa shape index (κ3) is 3.08. The zero-order valence-electron chi connectivity index (χ0n) is 10.5. The lowest BCUT2D eigenvalue weighted by Crippen LogP contribution is -2.18. The number of carbonyl (C=O) groups excluding carboxylic acids is 1. The van der Waals surface area contributed by atoms with Crippen LogP contribution in [0.4, 0.5) is 5.82 Å². The lowest BCUT2D eigenvalue weighted by molar-refractivity contribution is 0.101. The van der Waals surface area contributed by atoms with Gasteiger partial charge in [-0.2, -0.15) is 0 Å². The number of hydrogen-bond acceptors (Lipinski definition) is 2. The molecular formula is C13H13Cl2N3O. The number of hydrogen-bond donors (Lipinski definition) is 1. The van der Waals surface area contributed by atoms with E-state index in [9.17, 15) is 4.79 Å². The number of carbonyl (C=O) groups is 1. The normalized spacial score (nSPS) is 10.8. The number of pyridine rings is 1. The fourth-order valence-corrected chi connectivity index (χ4v) is 2.08. The summed E-state index contributed by atoms with van der Waals surface area (Å²) in [5.41, 5.74) is 0.474. The highest BCUT2D eigenvalue weighted by atomic mass is 35.5. The Bertz CT molecular complexity index is 608. The van der Waals surface area contributed by atoms with Crippen LogP contribution in [0, 0.1) is 0 Å². The maximum atomic E-state index is 12.2. The van der Waals surface area contributed by atoms with Gasteiger partial charge in [-0.25, -0.2) is 4.98 Å². The van der Waals surface area contributed by atoms with E-state index < -0.39 is 0 Å². The second-order valence-corrected chi connectivity index (χ2v) is 5.18. The molecule has 0 atom stereocenters. The summed E-state index contributed by atoms with van der Waals surface area (Å²) in [6.45, 7) is 3.95. The van der Waals surface area contributed by atoms with Crippen molar-refractivity contribution in [3.05, 3.63) is 46.3 Å². The summed E-state index contributed by atoms with van der Waals surface area (Å²) < 4.78 is 1.80. The number of rotatable bonds is 3. The Morgan fingerprint density at radius 2 is 2.16 bits per heavy atom. The van der Waals surface area contributed by atoms with Gasteiger partial charge in [-0.1, -0.05) is 23.2 Å². The first-order valence-corrected chi connectivity index (χ1v) is 6.54. The number of anilines is 1. The molecule has 1 N–H and O–H groups in total. The number of nitrogens with one attached hydrogen (secondary N) is 1. The van der Waals surface area contributed by atoms with E-state index in [2.05, 4.69) is 10.3 Å². The minimum absolute atomic E-state index is 0.132. The van der Waals surface area contributed by atoms with E-state index >= 15 is 0 Å². The molecule has 0 saturated carbocycles. The van der Waals surface area contributed by atoms with Crippen LogP contribution in [-0.4, -0.2) is 15.5 Å². The van der Waals surface area contributed by atoms with Crippen molar-refractivity contribution in [1.29, 1.82) is 0 Å². The van der Waals surface area contributed by atoms with E-state index in [0.717, 1.165) is 0 Å². The third-order valence-corrected chi connectivity index (χ3v) is 3.11. The van der Waals surface area contributed by atoms with Gasteiger partial charge in [0.05, 0.1) is 10.0 Å². The van der Waals surface area contributed by atoms with Crippen LogP contribution in [0.15, 0.2) is 30.6 Å². The maximum absolute atomic E-state index is 12.2. The van der Waals surface area contributed by atoms with Gasteiger partial charge in [0, 0.05) is 18.4 Å². The molecule has 0 aliphatic carbocycles. The predicted octanol–water partition coefficient (Wildman–Crippen LogP) is 4.02. The Labute approximate surface area is 121 Å². The van der Waals surface area contributed by atoms with Crippen molar-refractivity contribution in [2.75, 3.05) is 5.32 Å². The molecule has 2 heterocycles. The highest BCUT2D eigenvalue weighted by Crippen LogP contribution is 2.22. The van der Waals surface area contributed by atoms with Gasteiger partial charge >= 0.3 is 0 Å². The van der Waals surface area contributed by atoms with Gasteiger partial charge in [0.25, 0.3) is 5.91 Å². The minimum atomic E-state index is -0.291. The molecule has 100 valence electrons. The highest BCUT2D eigenvalue weighted by molar-refractivity contribution is 6.33. The summed E-state index contributed by atoms with van der Waals surface area (Å²) in [4.78, 5) is 16.2. The summed E-state index contributed by atoms with van der Waals surface area (Å²) in [6.07, 6.45) is 3.29. The van der Waals surface area contributed by atoms with Crippen LogP contribution in [0.1, 0.15) is 30.4 Å². The van der Waals surface area contributed by atoms with Crippen molar-refractivity contribution < 1.29 is 4.79 Å². The monoisotopic (exact) mass is 297 g/mol. The van der Waals surface area contributed by atoms with Crippen molar-refractivity contribution in [3.8, 4) is 0 Å². The van der Waals surface area contributed by atoms with E-state index in [0.29, 0.717) is 21.6 Å². The quantitative estimate of drug-likeness (QED) is 0.930. The van der Waals surface area contributed by atoms with E-state index in [1.165, 1.54) is 0 Å².